The summed E-state index contributed by atoms with van der Waals surface area (Å²) in [5, 5.41) is 19.3. The van der Waals surface area contributed by atoms with Gasteiger partial charge in [0.1, 0.15) is 6.20 Å². The molecule has 0 fully saturated rings. The summed E-state index contributed by atoms with van der Waals surface area (Å²) in [5.74, 6) is 0. The Morgan fingerprint density at radius 2 is 2.38 bits per heavy atom. The number of hydrogen-bond donors (Lipinski definition) is 1. The van der Waals surface area contributed by atoms with Crippen LogP contribution in [0.3, 0.4) is 0 Å². The van der Waals surface area contributed by atoms with Crippen LogP contribution in [0.4, 0.5) is 5.69 Å². The minimum absolute atomic E-state index is 0.0330. The Hall–Kier alpha value is -1.49. The zero-order chi connectivity index (χ0) is 9.84. The van der Waals surface area contributed by atoms with Crippen LogP contribution in [0.2, 0.25) is 0 Å². The normalized spacial score (nSPS) is 12.5. The van der Waals surface area contributed by atoms with E-state index in [1.807, 2.05) is 0 Å². The maximum absolute atomic E-state index is 10.3. The second-order valence-electron chi connectivity index (χ2n) is 2.82. The Morgan fingerprint density at radius 3 is 2.77 bits per heavy atom. The van der Waals surface area contributed by atoms with E-state index in [2.05, 4.69) is 4.98 Å². The quantitative estimate of drug-likeness (QED) is 0.556. The zero-order valence-corrected chi connectivity index (χ0v) is 7.17. The predicted octanol–water partition coefficient (Wildman–Crippen LogP) is 0.913. The summed E-state index contributed by atoms with van der Waals surface area (Å²) in [6.45, 7) is 1.64. The third kappa shape index (κ3) is 2.79. The Bertz CT molecular complexity index is 295. The molecule has 0 unspecified atom stereocenters. The molecule has 5 heteroatoms. The first kappa shape index (κ1) is 9.60. The summed E-state index contributed by atoms with van der Waals surface area (Å²) in [7, 11) is 0. The van der Waals surface area contributed by atoms with Crippen molar-refractivity contribution in [3.05, 3.63) is 34.1 Å². The molecule has 70 valence electrons. The fraction of sp³-hybridized carbons (Fsp3) is 0.375. The lowest BCUT2D eigenvalue weighted by molar-refractivity contribution is -0.385. The fourth-order valence-corrected chi connectivity index (χ4v) is 0.948. The Labute approximate surface area is 75.2 Å². The molecule has 0 spiro atoms. The molecule has 0 aromatic carbocycles. The van der Waals surface area contributed by atoms with Gasteiger partial charge in [0, 0.05) is 18.2 Å². The highest BCUT2D eigenvalue weighted by atomic mass is 16.6. The number of pyridine rings is 1. The Kier molecular flexibility index (Phi) is 2.92. The minimum atomic E-state index is -0.501. The summed E-state index contributed by atoms with van der Waals surface area (Å²) in [6, 6.07) is 2.93. The van der Waals surface area contributed by atoms with Crippen LogP contribution in [0.5, 0.6) is 0 Å². The first-order chi connectivity index (χ1) is 6.09. The van der Waals surface area contributed by atoms with Crippen molar-refractivity contribution in [3.63, 3.8) is 0 Å². The van der Waals surface area contributed by atoms with E-state index in [0.717, 1.165) is 0 Å². The molecule has 0 aliphatic rings. The van der Waals surface area contributed by atoms with Gasteiger partial charge in [-0.05, 0) is 13.0 Å². The number of nitrogens with zero attached hydrogens (tertiary/aromatic N) is 2. The van der Waals surface area contributed by atoms with Gasteiger partial charge in [0.2, 0.25) is 0 Å². The van der Waals surface area contributed by atoms with Crippen LogP contribution in [0.1, 0.15) is 12.6 Å². The summed E-state index contributed by atoms with van der Waals surface area (Å²) in [4.78, 5) is 13.6. The van der Waals surface area contributed by atoms with Gasteiger partial charge in [-0.25, -0.2) is 0 Å². The van der Waals surface area contributed by atoms with Crippen LogP contribution in [-0.2, 0) is 6.42 Å². The molecule has 1 heterocycles. The number of aliphatic hydroxyl groups excluding tert-OH is 1. The van der Waals surface area contributed by atoms with Crippen molar-refractivity contribution in [1.82, 2.24) is 4.98 Å². The number of rotatable bonds is 3. The summed E-state index contributed by atoms with van der Waals surface area (Å²) < 4.78 is 0. The van der Waals surface area contributed by atoms with Gasteiger partial charge in [0.25, 0.3) is 5.69 Å². The van der Waals surface area contributed by atoms with Gasteiger partial charge in [-0.3, -0.25) is 15.1 Å². The lowest BCUT2D eigenvalue weighted by Crippen LogP contribution is -2.05. The van der Waals surface area contributed by atoms with E-state index < -0.39 is 11.0 Å². The topological polar surface area (TPSA) is 76.3 Å². The molecule has 1 aromatic rings. The molecule has 0 bridgehead atoms. The fourth-order valence-electron chi connectivity index (χ4n) is 0.948. The maximum atomic E-state index is 10.3. The largest absolute Gasteiger partial charge is 0.393 e. The molecular formula is C8H10N2O3. The smallest absolute Gasteiger partial charge is 0.287 e. The van der Waals surface area contributed by atoms with E-state index in [9.17, 15) is 10.1 Å². The number of nitro groups is 1. The molecular weight excluding hydrogens is 172 g/mol. The lowest BCUT2D eigenvalue weighted by atomic mass is 10.2. The SMILES string of the molecule is C[C@@H](O)Cc1ccc([N+](=O)[O-])cn1. The van der Waals surface area contributed by atoms with Crippen molar-refractivity contribution in [1.29, 1.82) is 0 Å². The Balaban J connectivity index is 2.75. The second-order valence-corrected chi connectivity index (χ2v) is 2.82. The van der Waals surface area contributed by atoms with Crippen molar-refractivity contribution in [2.75, 3.05) is 0 Å². The van der Waals surface area contributed by atoms with Gasteiger partial charge in [0.15, 0.2) is 0 Å². The number of aromatic nitrogens is 1. The molecule has 5 nitrogen and oxygen atoms in total. The van der Waals surface area contributed by atoms with Gasteiger partial charge < -0.3 is 5.11 Å². The third-order valence-corrected chi connectivity index (χ3v) is 1.52. The van der Waals surface area contributed by atoms with E-state index in [4.69, 9.17) is 5.11 Å². The monoisotopic (exact) mass is 182 g/mol. The molecule has 13 heavy (non-hydrogen) atoms. The van der Waals surface area contributed by atoms with Crippen molar-refractivity contribution in [2.24, 2.45) is 0 Å². The van der Waals surface area contributed by atoms with E-state index in [-0.39, 0.29) is 5.69 Å². The van der Waals surface area contributed by atoms with Crippen LogP contribution in [0.15, 0.2) is 18.3 Å². The van der Waals surface area contributed by atoms with E-state index >= 15 is 0 Å². The van der Waals surface area contributed by atoms with Gasteiger partial charge in [-0.15, -0.1) is 0 Å². The highest BCUT2D eigenvalue weighted by Gasteiger charge is 2.06. The standard InChI is InChI=1S/C8H10N2O3/c1-6(11)4-7-2-3-8(5-9-7)10(12)13/h2-3,5-6,11H,4H2,1H3/t6-/m1/s1. The molecule has 0 amide bonds. The number of aliphatic hydroxyl groups is 1. The zero-order valence-electron chi connectivity index (χ0n) is 7.17. The van der Waals surface area contributed by atoms with Gasteiger partial charge >= 0.3 is 0 Å². The molecule has 0 aliphatic carbocycles. The van der Waals surface area contributed by atoms with E-state index in [1.54, 1.807) is 13.0 Å². The molecule has 1 rings (SSSR count). The molecule has 0 saturated heterocycles. The van der Waals surface area contributed by atoms with Gasteiger partial charge in [-0.2, -0.15) is 0 Å². The minimum Gasteiger partial charge on any atom is -0.393 e. The summed E-state index contributed by atoms with van der Waals surface area (Å²) in [6.07, 6.45) is 1.13. The van der Waals surface area contributed by atoms with Crippen molar-refractivity contribution < 1.29 is 10.0 Å². The van der Waals surface area contributed by atoms with Crippen molar-refractivity contribution in [3.8, 4) is 0 Å². The molecule has 1 N–H and O–H groups in total. The second kappa shape index (κ2) is 3.95. The summed E-state index contributed by atoms with van der Waals surface area (Å²) in [5.41, 5.74) is 0.620. The van der Waals surface area contributed by atoms with E-state index in [0.29, 0.717) is 12.1 Å². The summed E-state index contributed by atoms with van der Waals surface area (Å²) >= 11 is 0. The first-order valence-electron chi connectivity index (χ1n) is 3.87. The van der Waals surface area contributed by atoms with Gasteiger partial charge in [0.05, 0.1) is 11.0 Å². The lowest BCUT2D eigenvalue weighted by Gasteiger charge is -2.01. The van der Waals surface area contributed by atoms with Gasteiger partial charge in [-0.1, -0.05) is 0 Å². The molecule has 1 aromatic heterocycles. The van der Waals surface area contributed by atoms with Crippen LogP contribution in [0.25, 0.3) is 0 Å². The molecule has 0 saturated carbocycles. The van der Waals surface area contributed by atoms with Crippen molar-refractivity contribution in [2.45, 2.75) is 19.4 Å². The third-order valence-electron chi connectivity index (χ3n) is 1.52. The average Bonchev–Trinajstić information content (AvgIpc) is 2.04. The van der Waals surface area contributed by atoms with Crippen molar-refractivity contribution >= 4 is 5.69 Å². The maximum Gasteiger partial charge on any atom is 0.287 e. The van der Waals surface area contributed by atoms with Crippen LogP contribution >= 0.6 is 0 Å². The average molecular weight is 182 g/mol. The highest BCUT2D eigenvalue weighted by Crippen LogP contribution is 2.09. The molecule has 0 radical (unpaired) electrons. The predicted molar refractivity (Wildman–Crippen MR) is 46.3 cm³/mol. The van der Waals surface area contributed by atoms with E-state index in [1.165, 1.54) is 12.3 Å². The highest BCUT2D eigenvalue weighted by molar-refractivity contribution is 5.26. The Morgan fingerprint density at radius 1 is 1.69 bits per heavy atom. The molecule has 1 atom stereocenters. The number of hydrogen-bond acceptors (Lipinski definition) is 4. The van der Waals surface area contributed by atoms with Crippen LogP contribution in [-0.4, -0.2) is 21.1 Å². The molecule has 0 aliphatic heterocycles. The first-order valence-corrected chi connectivity index (χ1v) is 3.87. The van der Waals surface area contributed by atoms with Crippen LogP contribution < -0.4 is 0 Å². The van der Waals surface area contributed by atoms with Crippen LogP contribution in [0, 0.1) is 10.1 Å².